The summed E-state index contributed by atoms with van der Waals surface area (Å²) in [7, 11) is 0. The average Bonchev–Trinajstić information content (AvgIpc) is 2.66. The second-order valence-electron chi connectivity index (χ2n) is 6.03. The molecule has 0 atom stereocenters. The maximum atomic E-state index is 13.2. The number of nitrogens with zero attached hydrogens (tertiary/aromatic N) is 1. The number of nitriles is 1. The van der Waals surface area contributed by atoms with Crippen LogP contribution in [0.2, 0.25) is 0 Å². The molecule has 3 aromatic carbocycles. The van der Waals surface area contributed by atoms with Gasteiger partial charge in [0.2, 0.25) is 0 Å². The van der Waals surface area contributed by atoms with Crippen LogP contribution in [0.15, 0.2) is 72.8 Å². The minimum Gasteiger partial charge on any atom is -0.489 e. The van der Waals surface area contributed by atoms with Crippen LogP contribution >= 0.6 is 0 Å². The number of rotatable bonds is 5. The Morgan fingerprint density at radius 2 is 1.81 bits per heavy atom. The Balaban J connectivity index is 1.77. The van der Waals surface area contributed by atoms with E-state index < -0.39 is 0 Å². The second-order valence-corrected chi connectivity index (χ2v) is 6.03. The third-order valence-electron chi connectivity index (χ3n) is 3.95. The first kappa shape index (κ1) is 17.4. The molecule has 0 bridgehead atoms. The normalized spacial score (nSPS) is 11.0. The molecule has 3 aromatic rings. The summed E-state index contributed by atoms with van der Waals surface area (Å²) >= 11 is 0. The number of allylic oxidation sites excluding steroid dienone is 1. The van der Waals surface area contributed by atoms with Crippen molar-refractivity contribution in [2.75, 3.05) is 0 Å². The first-order valence-electron chi connectivity index (χ1n) is 8.30. The van der Waals surface area contributed by atoms with E-state index in [-0.39, 0.29) is 12.4 Å². The van der Waals surface area contributed by atoms with Crippen LogP contribution in [0.1, 0.15) is 22.3 Å². The molecular weight excluding hydrogens is 325 g/mol. The van der Waals surface area contributed by atoms with Crippen LogP contribution in [0.3, 0.4) is 0 Å². The molecule has 3 rings (SSSR count). The molecule has 0 saturated carbocycles. The van der Waals surface area contributed by atoms with Crippen LogP contribution in [-0.2, 0) is 6.61 Å². The van der Waals surface area contributed by atoms with E-state index in [2.05, 4.69) is 6.07 Å². The molecule has 0 aliphatic heterocycles. The summed E-state index contributed by atoms with van der Waals surface area (Å²) in [5.74, 6) is 0.392. The molecule has 0 unspecified atom stereocenters. The summed E-state index contributed by atoms with van der Waals surface area (Å²) in [5, 5.41) is 9.47. The largest absolute Gasteiger partial charge is 0.489 e. The Kier molecular flexibility index (Phi) is 5.46. The van der Waals surface area contributed by atoms with Gasteiger partial charge in [0.1, 0.15) is 18.2 Å². The average molecular weight is 343 g/mol. The van der Waals surface area contributed by atoms with Gasteiger partial charge in [0.15, 0.2) is 0 Å². The van der Waals surface area contributed by atoms with Crippen LogP contribution in [0.5, 0.6) is 5.75 Å². The second kappa shape index (κ2) is 8.13. The van der Waals surface area contributed by atoms with Crippen molar-refractivity contribution in [2.45, 2.75) is 13.5 Å². The van der Waals surface area contributed by atoms with Crippen LogP contribution in [0.4, 0.5) is 4.39 Å². The van der Waals surface area contributed by atoms with E-state index in [4.69, 9.17) is 4.74 Å². The Labute approximate surface area is 152 Å². The highest BCUT2D eigenvalue weighted by Gasteiger charge is 2.03. The topological polar surface area (TPSA) is 33.0 Å². The first-order chi connectivity index (χ1) is 12.6. The number of benzene rings is 3. The van der Waals surface area contributed by atoms with Gasteiger partial charge in [0, 0.05) is 0 Å². The predicted octanol–water partition coefficient (Wildman–Crippen LogP) is 5.78. The van der Waals surface area contributed by atoms with Crippen LogP contribution in [-0.4, -0.2) is 0 Å². The molecule has 3 heteroatoms. The highest BCUT2D eigenvalue weighted by atomic mass is 19.1. The van der Waals surface area contributed by atoms with E-state index in [1.807, 2.05) is 67.6 Å². The molecule has 0 saturated heterocycles. The van der Waals surface area contributed by atoms with E-state index in [0.29, 0.717) is 11.3 Å². The molecule has 128 valence electrons. The van der Waals surface area contributed by atoms with Gasteiger partial charge in [-0.2, -0.15) is 5.26 Å². The molecule has 0 aromatic heterocycles. The van der Waals surface area contributed by atoms with Gasteiger partial charge < -0.3 is 4.74 Å². The van der Waals surface area contributed by atoms with Gasteiger partial charge >= 0.3 is 0 Å². The molecule has 0 spiro atoms. The van der Waals surface area contributed by atoms with Gasteiger partial charge in [-0.05, 0) is 54.0 Å². The van der Waals surface area contributed by atoms with E-state index in [1.165, 1.54) is 12.1 Å². The van der Waals surface area contributed by atoms with Crippen molar-refractivity contribution < 1.29 is 9.13 Å². The molecule has 2 nitrogen and oxygen atoms in total. The van der Waals surface area contributed by atoms with Crippen molar-refractivity contribution >= 4 is 11.6 Å². The van der Waals surface area contributed by atoms with Crippen molar-refractivity contribution in [3.8, 4) is 11.8 Å². The lowest BCUT2D eigenvalue weighted by molar-refractivity contribution is 0.305. The van der Waals surface area contributed by atoms with Gasteiger partial charge in [-0.25, -0.2) is 4.39 Å². The predicted molar refractivity (Wildman–Crippen MR) is 102 cm³/mol. The standard InChI is InChI=1S/C23H18FNO/c1-17-8-10-20(11-9-17)21(15-25)12-18-4-3-7-23(14-18)26-16-19-5-2-6-22(24)13-19/h2-14H,16H2,1H3/b21-12+. The fourth-order valence-electron chi connectivity index (χ4n) is 2.57. The highest BCUT2D eigenvalue weighted by molar-refractivity contribution is 5.89. The maximum Gasteiger partial charge on any atom is 0.123 e. The van der Waals surface area contributed by atoms with Crippen molar-refractivity contribution in [3.05, 3.63) is 101 Å². The lowest BCUT2D eigenvalue weighted by Gasteiger charge is -2.07. The van der Waals surface area contributed by atoms with Crippen LogP contribution in [0, 0.1) is 24.1 Å². The van der Waals surface area contributed by atoms with E-state index in [1.54, 1.807) is 6.07 Å². The number of halogens is 1. The Morgan fingerprint density at radius 3 is 2.54 bits per heavy atom. The third-order valence-corrected chi connectivity index (χ3v) is 3.95. The van der Waals surface area contributed by atoms with Gasteiger partial charge in [-0.15, -0.1) is 0 Å². The number of aryl methyl sites for hydroxylation is 1. The molecular formula is C23H18FNO. The molecule has 0 aliphatic rings. The summed E-state index contributed by atoms with van der Waals surface area (Å²) in [5.41, 5.74) is 4.26. The molecule has 0 amide bonds. The SMILES string of the molecule is Cc1ccc(/C(C#N)=C/c2cccc(OCc3cccc(F)c3)c2)cc1. The third kappa shape index (κ3) is 4.58. The number of ether oxygens (including phenoxy) is 1. The fourth-order valence-corrected chi connectivity index (χ4v) is 2.57. The fraction of sp³-hybridized carbons (Fsp3) is 0.0870. The lowest BCUT2D eigenvalue weighted by atomic mass is 10.0. The van der Waals surface area contributed by atoms with Crippen molar-refractivity contribution in [3.63, 3.8) is 0 Å². The quantitative estimate of drug-likeness (QED) is 0.435. The van der Waals surface area contributed by atoms with E-state index in [0.717, 1.165) is 22.3 Å². The zero-order chi connectivity index (χ0) is 18.4. The Morgan fingerprint density at radius 1 is 1.04 bits per heavy atom. The zero-order valence-corrected chi connectivity index (χ0v) is 14.4. The highest BCUT2D eigenvalue weighted by Crippen LogP contribution is 2.21. The summed E-state index contributed by atoms with van der Waals surface area (Å²) in [4.78, 5) is 0. The minimum atomic E-state index is -0.278. The molecule has 0 aliphatic carbocycles. The van der Waals surface area contributed by atoms with Crippen LogP contribution in [0.25, 0.3) is 11.6 Å². The Hall–Kier alpha value is -3.38. The van der Waals surface area contributed by atoms with Crippen molar-refractivity contribution in [2.24, 2.45) is 0 Å². The van der Waals surface area contributed by atoms with Crippen molar-refractivity contribution in [1.29, 1.82) is 5.26 Å². The van der Waals surface area contributed by atoms with Gasteiger partial charge in [0.05, 0.1) is 11.6 Å². The number of hydrogen-bond donors (Lipinski definition) is 0. The lowest BCUT2D eigenvalue weighted by Crippen LogP contribution is -1.96. The minimum absolute atomic E-state index is 0.278. The molecule has 0 fully saturated rings. The zero-order valence-electron chi connectivity index (χ0n) is 14.4. The number of hydrogen-bond acceptors (Lipinski definition) is 2. The summed E-state index contributed by atoms with van der Waals surface area (Å²) in [6.45, 7) is 2.30. The van der Waals surface area contributed by atoms with Crippen molar-refractivity contribution in [1.82, 2.24) is 0 Å². The first-order valence-corrected chi connectivity index (χ1v) is 8.30. The molecule has 0 radical (unpaired) electrons. The Bertz CT molecular complexity index is 968. The summed E-state index contributed by atoms with van der Waals surface area (Å²) < 4.78 is 19.0. The molecule has 0 N–H and O–H groups in total. The van der Waals surface area contributed by atoms with Crippen LogP contribution < -0.4 is 4.74 Å². The monoisotopic (exact) mass is 343 g/mol. The van der Waals surface area contributed by atoms with Gasteiger partial charge in [-0.1, -0.05) is 54.1 Å². The molecule has 0 heterocycles. The van der Waals surface area contributed by atoms with E-state index >= 15 is 0 Å². The maximum absolute atomic E-state index is 13.2. The van der Waals surface area contributed by atoms with E-state index in [9.17, 15) is 9.65 Å². The van der Waals surface area contributed by atoms with Gasteiger partial charge in [0.25, 0.3) is 0 Å². The summed E-state index contributed by atoms with van der Waals surface area (Å²) in [6.07, 6.45) is 1.83. The smallest absolute Gasteiger partial charge is 0.123 e. The van der Waals surface area contributed by atoms with Gasteiger partial charge in [-0.3, -0.25) is 0 Å². The molecule has 26 heavy (non-hydrogen) atoms. The summed E-state index contributed by atoms with van der Waals surface area (Å²) in [6, 6.07) is 23.9.